The number of amides is 1. The van der Waals surface area contributed by atoms with Crippen LogP contribution in [0.3, 0.4) is 0 Å². The summed E-state index contributed by atoms with van der Waals surface area (Å²) in [5, 5.41) is 12.6. The Labute approximate surface area is 118 Å². The Morgan fingerprint density at radius 3 is 2.85 bits per heavy atom. The Hall–Kier alpha value is -1.82. The van der Waals surface area contributed by atoms with E-state index in [0.717, 1.165) is 5.69 Å². The van der Waals surface area contributed by atoms with E-state index in [1.807, 2.05) is 20.8 Å². The molecule has 0 spiro atoms. The maximum Gasteiger partial charge on any atom is 0.410 e. The second-order valence-electron chi connectivity index (χ2n) is 5.87. The third kappa shape index (κ3) is 3.84. The minimum atomic E-state index is -0.492. The number of nitrogens with zero attached hydrogens (tertiary/aromatic N) is 2. The van der Waals surface area contributed by atoms with Crippen LogP contribution in [-0.2, 0) is 4.74 Å². The highest BCUT2D eigenvalue weighted by Gasteiger charge is 2.28. The predicted octanol–water partition coefficient (Wildman–Crippen LogP) is 1.67. The Balaban J connectivity index is 2.01. The molecule has 0 aromatic carbocycles. The first-order chi connectivity index (χ1) is 9.35. The van der Waals surface area contributed by atoms with Crippen molar-refractivity contribution in [3.05, 3.63) is 24.0 Å². The minimum Gasteiger partial charge on any atom is -0.506 e. The van der Waals surface area contributed by atoms with Crippen LogP contribution in [0.2, 0.25) is 0 Å². The standard InChI is InChI=1S/C14H21N3O3/c1-14(2,3)20-13(19)17-7-6-15-12(9-17)11-5-4-10(18)8-16-11/h4-5,8,12,15,18H,6-7,9H2,1-3H3. The highest BCUT2D eigenvalue weighted by Crippen LogP contribution is 2.19. The Morgan fingerprint density at radius 2 is 2.25 bits per heavy atom. The van der Waals surface area contributed by atoms with Crippen molar-refractivity contribution >= 4 is 6.09 Å². The van der Waals surface area contributed by atoms with E-state index in [-0.39, 0.29) is 17.9 Å². The van der Waals surface area contributed by atoms with Crippen LogP contribution in [0.25, 0.3) is 0 Å². The summed E-state index contributed by atoms with van der Waals surface area (Å²) in [6, 6.07) is 3.30. The van der Waals surface area contributed by atoms with Gasteiger partial charge < -0.3 is 20.1 Å². The van der Waals surface area contributed by atoms with Crippen molar-refractivity contribution in [3.8, 4) is 5.75 Å². The van der Waals surface area contributed by atoms with Crippen molar-refractivity contribution < 1.29 is 14.6 Å². The molecule has 1 aromatic rings. The number of rotatable bonds is 1. The zero-order valence-electron chi connectivity index (χ0n) is 12.1. The van der Waals surface area contributed by atoms with Gasteiger partial charge in [-0.2, -0.15) is 0 Å². The molecule has 1 unspecified atom stereocenters. The molecule has 0 bridgehead atoms. The first kappa shape index (κ1) is 14.6. The molecule has 20 heavy (non-hydrogen) atoms. The van der Waals surface area contributed by atoms with Gasteiger partial charge in [0, 0.05) is 19.6 Å². The summed E-state index contributed by atoms with van der Waals surface area (Å²) < 4.78 is 5.38. The molecule has 6 heteroatoms. The number of carbonyl (C=O) groups is 1. The van der Waals surface area contributed by atoms with Crippen molar-refractivity contribution in [1.82, 2.24) is 15.2 Å². The van der Waals surface area contributed by atoms with E-state index >= 15 is 0 Å². The zero-order chi connectivity index (χ0) is 14.8. The maximum absolute atomic E-state index is 12.1. The summed E-state index contributed by atoms with van der Waals surface area (Å²) >= 11 is 0. The Kier molecular flexibility index (Phi) is 4.13. The quantitative estimate of drug-likeness (QED) is 0.818. The molecule has 0 saturated carbocycles. The fourth-order valence-corrected chi connectivity index (χ4v) is 2.04. The summed E-state index contributed by atoms with van der Waals surface area (Å²) in [5.74, 6) is 0.133. The smallest absolute Gasteiger partial charge is 0.410 e. The lowest BCUT2D eigenvalue weighted by Gasteiger charge is -2.34. The second kappa shape index (κ2) is 5.66. The van der Waals surface area contributed by atoms with E-state index in [2.05, 4.69) is 10.3 Å². The molecule has 1 saturated heterocycles. The van der Waals surface area contributed by atoms with Gasteiger partial charge in [-0.1, -0.05) is 0 Å². The van der Waals surface area contributed by atoms with Gasteiger partial charge in [0.15, 0.2) is 0 Å². The lowest BCUT2D eigenvalue weighted by atomic mass is 10.1. The SMILES string of the molecule is CC(C)(C)OC(=O)N1CCNC(c2ccc(O)cn2)C1. The van der Waals surface area contributed by atoms with Crippen LogP contribution in [0, 0.1) is 0 Å². The minimum absolute atomic E-state index is 0.0446. The molecule has 1 aromatic heterocycles. The van der Waals surface area contributed by atoms with Crippen molar-refractivity contribution in [2.45, 2.75) is 32.4 Å². The van der Waals surface area contributed by atoms with Crippen LogP contribution < -0.4 is 5.32 Å². The average molecular weight is 279 g/mol. The third-order valence-electron chi connectivity index (χ3n) is 2.95. The topological polar surface area (TPSA) is 74.7 Å². The number of piperazine rings is 1. The number of carbonyl (C=O) groups excluding carboxylic acids is 1. The Morgan fingerprint density at radius 1 is 1.50 bits per heavy atom. The van der Waals surface area contributed by atoms with Gasteiger partial charge in [-0.05, 0) is 32.9 Å². The highest BCUT2D eigenvalue weighted by atomic mass is 16.6. The number of nitrogens with one attached hydrogen (secondary N) is 1. The molecular formula is C14H21N3O3. The summed E-state index contributed by atoms with van der Waals surface area (Å²) in [7, 11) is 0. The van der Waals surface area contributed by atoms with Crippen molar-refractivity contribution in [3.63, 3.8) is 0 Å². The molecule has 1 atom stereocenters. The number of hydrogen-bond acceptors (Lipinski definition) is 5. The zero-order valence-corrected chi connectivity index (χ0v) is 12.1. The van der Waals surface area contributed by atoms with E-state index in [4.69, 9.17) is 4.74 Å². The van der Waals surface area contributed by atoms with E-state index < -0.39 is 5.60 Å². The van der Waals surface area contributed by atoms with Crippen LogP contribution in [0.5, 0.6) is 5.75 Å². The molecule has 1 amide bonds. The molecule has 0 radical (unpaired) electrons. The number of aromatic nitrogens is 1. The molecule has 1 fully saturated rings. The molecule has 110 valence electrons. The summed E-state index contributed by atoms with van der Waals surface area (Å²) in [6.45, 7) is 7.37. The maximum atomic E-state index is 12.1. The van der Waals surface area contributed by atoms with Crippen molar-refractivity contribution in [2.75, 3.05) is 19.6 Å². The number of pyridine rings is 1. The van der Waals surface area contributed by atoms with Crippen LogP contribution in [0.1, 0.15) is 32.5 Å². The van der Waals surface area contributed by atoms with E-state index in [9.17, 15) is 9.90 Å². The van der Waals surface area contributed by atoms with Crippen LogP contribution in [-0.4, -0.2) is 46.3 Å². The van der Waals surface area contributed by atoms with Crippen LogP contribution >= 0.6 is 0 Å². The monoisotopic (exact) mass is 279 g/mol. The number of aromatic hydroxyl groups is 1. The van der Waals surface area contributed by atoms with E-state index in [1.54, 1.807) is 17.0 Å². The fourth-order valence-electron chi connectivity index (χ4n) is 2.04. The highest BCUT2D eigenvalue weighted by molar-refractivity contribution is 5.68. The molecule has 2 heterocycles. The normalized spacial score (nSPS) is 19.8. The lowest BCUT2D eigenvalue weighted by Crippen LogP contribution is -2.49. The number of ether oxygens (including phenoxy) is 1. The molecule has 0 aliphatic carbocycles. The molecule has 2 rings (SSSR count). The predicted molar refractivity (Wildman–Crippen MR) is 74.5 cm³/mol. The summed E-state index contributed by atoms with van der Waals surface area (Å²) in [6.07, 6.45) is 1.10. The van der Waals surface area contributed by atoms with E-state index in [0.29, 0.717) is 19.6 Å². The van der Waals surface area contributed by atoms with Crippen LogP contribution in [0.15, 0.2) is 18.3 Å². The fraction of sp³-hybridized carbons (Fsp3) is 0.571. The molecule has 2 N–H and O–H groups in total. The first-order valence-electron chi connectivity index (χ1n) is 6.71. The van der Waals surface area contributed by atoms with Gasteiger partial charge in [0.05, 0.1) is 17.9 Å². The third-order valence-corrected chi connectivity index (χ3v) is 2.95. The molecule has 6 nitrogen and oxygen atoms in total. The van der Waals surface area contributed by atoms with Crippen LogP contribution in [0.4, 0.5) is 4.79 Å². The van der Waals surface area contributed by atoms with Crippen molar-refractivity contribution in [1.29, 1.82) is 0 Å². The average Bonchev–Trinajstić information content (AvgIpc) is 2.38. The summed E-state index contributed by atoms with van der Waals surface area (Å²) in [5.41, 5.74) is 0.310. The molecular weight excluding hydrogens is 258 g/mol. The van der Waals surface area contributed by atoms with Crippen molar-refractivity contribution in [2.24, 2.45) is 0 Å². The first-order valence-corrected chi connectivity index (χ1v) is 6.71. The number of hydrogen-bond donors (Lipinski definition) is 2. The van der Waals surface area contributed by atoms with Gasteiger partial charge in [-0.3, -0.25) is 4.98 Å². The molecule has 1 aliphatic heterocycles. The van der Waals surface area contributed by atoms with Gasteiger partial charge in [0.2, 0.25) is 0 Å². The van der Waals surface area contributed by atoms with Gasteiger partial charge in [-0.15, -0.1) is 0 Å². The molecule has 1 aliphatic rings. The second-order valence-corrected chi connectivity index (χ2v) is 5.87. The largest absolute Gasteiger partial charge is 0.506 e. The lowest BCUT2D eigenvalue weighted by molar-refractivity contribution is 0.0193. The van der Waals surface area contributed by atoms with Gasteiger partial charge in [0.25, 0.3) is 0 Å². The van der Waals surface area contributed by atoms with E-state index in [1.165, 1.54) is 6.20 Å². The summed E-state index contributed by atoms with van der Waals surface area (Å²) in [4.78, 5) is 17.9. The Bertz CT molecular complexity index is 468. The van der Waals surface area contributed by atoms with Gasteiger partial charge in [-0.25, -0.2) is 4.79 Å². The van der Waals surface area contributed by atoms with Gasteiger partial charge >= 0.3 is 6.09 Å². The van der Waals surface area contributed by atoms with Gasteiger partial charge in [0.1, 0.15) is 11.4 Å².